The Bertz CT molecular complexity index is 926. The summed E-state index contributed by atoms with van der Waals surface area (Å²) in [6.45, 7) is 13.2. The minimum absolute atomic E-state index is 0.0238. The molecule has 0 radical (unpaired) electrons. The van der Waals surface area contributed by atoms with E-state index in [1.54, 1.807) is 6.92 Å². The summed E-state index contributed by atoms with van der Waals surface area (Å²) in [5, 5.41) is 44.0. The lowest BCUT2D eigenvalue weighted by Crippen LogP contribution is -2.63. The third-order valence-electron chi connectivity index (χ3n) is 13.1. The molecule has 5 rings (SSSR count). The van der Waals surface area contributed by atoms with Gasteiger partial charge in [0, 0.05) is 11.8 Å². The highest BCUT2D eigenvalue weighted by Crippen LogP contribution is 2.89. The average Bonchev–Trinajstić information content (AvgIpc) is 3.39. The Hall–Kier alpha value is -0.910. The summed E-state index contributed by atoms with van der Waals surface area (Å²) >= 11 is 0. The minimum atomic E-state index is -1.20. The Morgan fingerprint density at radius 2 is 1.66 bits per heavy atom. The molecule has 0 amide bonds. The molecule has 0 bridgehead atoms. The molecule has 5 aliphatic carbocycles. The van der Waals surface area contributed by atoms with Gasteiger partial charge < -0.3 is 20.4 Å². The molecule has 5 heteroatoms. The maximum atomic E-state index is 12.5. The number of allylic oxidation sites excluding steroid dienone is 2. The monoisotopic (exact) mass is 488 g/mol. The molecule has 0 aliphatic heterocycles. The number of aliphatic hydroxyl groups excluding tert-OH is 3. The summed E-state index contributed by atoms with van der Waals surface area (Å²) in [5.41, 5.74) is -0.291. The first kappa shape index (κ1) is 25.7. The molecular weight excluding hydrogens is 440 g/mol. The molecule has 0 aromatic carbocycles. The van der Waals surface area contributed by atoms with E-state index in [1.807, 2.05) is 0 Å². The Labute approximate surface area is 211 Å². The van der Waals surface area contributed by atoms with Crippen LogP contribution in [-0.2, 0) is 4.79 Å². The molecule has 35 heavy (non-hydrogen) atoms. The smallest absolute Gasteiger partial charge is 0.312 e. The molecule has 12 unspecified atom stereocenters. The molecule has 2 spiro atoms. The van der Waals surface area contributed by atoms with Crippen molar-refractivity contribution >= 4 is 5.97 Å². The molecule has 5 saturated carbocycles. The molecule has 0 aromatic heterocycles. The van der Waals surface area contributed by atoms with Crippen molar-refractivity contribution in [3.05, 3.63) is 11.6 Å². The van der Waals surface area contributed by atoms with Gasteiger partial charge in [-0.05, 0) is 112 Å². The van der Waals surface area contributed by atoms with Crippen LogP contribution in [0.1, 0.15) is 99.3 Å². The highest BCUT2D eigenvalue weighted by atomic mass is 16.4. The highest BCUT2D eigenvalue weighted by Gasteiger charge is 2.86. The fourth-order valence-electron chi connectivity index (χ4n) is 11.3. The Morgan fingerprint density at radius 3 is 2.29 bits per heavy atom. The van der Waals surface area contributed by atoms with Crippen LogP contribution in [0.3, 0.4) is 0 Å². The summed E-state index contributed by atoms with van der Waals surface area (Å²) in [6, 6.07) is 0. The number of aliphatic carboxylic acids is 1. The molecule has 0 heterocycles. The average molecular weight is 489 g/mol. The summed E-state index contributed by atoms with van der Waals surface area (Å²) in [7, 11) is 0. The van der Waals surface area contributed by atoms with Gasteiger partial charge in [0.25, 0.3) is 0 Å². The summed E-state index contributed by atoms with van der Waals surface area (Å²) < 4.78 is 0. The first-order valence-corrected chi connectivity index (χ1v) is 14.1. The van der Waals surface area contributed by atoms with Crippen molar-refractivity contribution in [3.8, 4) is 0 Å². The van der Waals surface area contributed by atoms with E-state index in [2.05, 4.69) is 40.7 Å². The van der Waals surface area contributed by atoms with Crippen LogP contribution in [0.5, 0.6) is 0 Å². The second-order valence-corrected chi connectivity index (χ2v) is 14.4. The fourth-order valence-corrected chi connectivity index (χ4v) is 11.3. The van der Waals surface area contributed by atoms with Crippen LogP contribution in [0, 0.1) is 50.7 Å². The van der Waals surface area contributed by atoms with Crippen molar-refractivity contribution in [1.82, 2.24) is 0 Å². The Balaban J connectivity index is 1.48. The van der Waals surface area contributed by atoms with Crippen LogP contribution in [0.15, 0.2) is 11.6 Å². The van der Waals surface area contributed by atoms with Gasteiger partial charge in [-0.3, -0.25) is 4.79 Å². The standard InChI is InChI=1S/C30H48O5/c1-17(2)8-7-9-18(3)24-19(31)15-27(5)20-10-11-21-28(6,25(34)35)22(32)14-23(33)30(21)16-29(20,30)13-12-26(24,27)4/h8,18-24,31-33H,7,9-16H2,1-6H3,(H,34,35). The van der Waals surface area contributed by atoms with E-state index >= 15 is 0 Å². The summed E-state index contributed by atoms with van der Waals surface area (Å²) in [6.07, 6.45) is 8.06. The number of fused-ring (bicyclic) bond motifs is 2. The zero-order valence-corrected chi connectivity index (χ0v) is 22.7. The van der Waals surface area contributed by atoms with Gasteiger partial charge >= 0.3 is 5.97 Å². The van der Waals surface area contributed by atoms with Crippen molar-refractivity contribution in [2.24, 2.45) is 50.7 Å². The second kappa shape index (κ2) is 7.80. The van der Waals surface area contributed by atoms with Gasteiger partial charge in [0.15, 0.2) is 0 Å². The molecular formula is C30H48O5. The third-order valence-corrected chi connectivity index (χ3v) is 13.1. The number of carboxylic acid groups (broad SMARTS) is 1. The zero-order valence-electron chi connectivity index (χ0n) is 22.7. The Morgan fingerprint density at radius 1 is 1.00 bits per heavy atom. The lowest BCUT2D eigenvalue weighted by Gasteiger charge is -2.63. The highest BCUT2D eigenvalue weighted by molar-refractivity contribution is 5.76. The summed E-state index contributed by atoms with van der Waals surface area (Å²) in [5.74, 6) is -0.0183. The number of rotatable bonds is 5. The number of hydrogen-bond acceptors (Lipinski definition) is 4. The minimum Gasteiger partial charge on any atom is -0.481 e. The largest absolute Gasteiger partial charge is 0.481 e. The van der Waals surface area contributed by atoms with Crippen molar-refractivity contribution < 1.29 is 25.2 Å². The van der Waals surface area contributed by atoms with E-state index in [1.165, 1.54) is 5.57 Å². The SMILES string of the molecule is CC(C)=CCCC(C)C1C(O)CC2(C)C3CCC4C(C)(C(=O)O)C(O)CC(O)C45CC35CCC12C. The van der Waals surface area contributed by atoms with E-state index < -0.39 is 29.0 Å². The first-order chi connectivity index (χ1) is 16.2. The first-order valence-electron chi connectivity index (χ1n) is 14.1. The Kier molecular flexibility index (Phi) is 5.73. The van der Waals surface area contributed by atoms with E-state index in [0.717, 1.165) is 51.4 Å². The van der Waals surface area contributed by atoms with Crippen LogP contribution >= 0.6 is 0 Å². The van der Waals surface area contributed by atoms with E-state index in [-0.39, 0.29) is 40.6 Å². The van der Waals surface area contributed by atoms with Crippen molar-refractivity contribution in [2.75, 3.05) is 0 Å². The molecule has 4 N–H and O–H groups in total. The fraction of sp³-hybridized carbons (Fsp3) is 0.900. The van der Waals surface area contributed by atoms with Gasteiger partial charge in [0.1, 0.15) is 0 Å². The number of carboxylic acids is 1. The van der Waals surface area contributed by atoms with Crippen molar-refractivity contribution in [2.45, 2.75) is 118 Å². The number of hydrogen-bond donors (Lipinski definition) is 4. The number of aliphatic hydroxyl groups is 3. The molecule has 5 fully saturated rings. The van der Waals surface area contributed by atoms with Gasteiger partial charge in [-0.15, -0.1) is 0 Å². The van der Waals surface area contributed by atoms with Gasteiger partial charge in [-0.2, -0.15) is 0 Å². The topological polar surface area (TPSA) is 98.0 Å². The van der Waals surface area contributed by atoms with Gasteiger partial charge in [-0.1, -0.05) is 32.4 Å². The van der Waals surface area contributed by atoms with E-state index in [0.29, 0.717) is 11.8 Å². The second-order valence-electron chi connectivity index (χ2n) is 14.4. The van der Waals surface area contributed by atoms with Crippen LogP contribution in [0.4, 0.5) is 0 Å². The van der Waals surface area contributed by atoms with Crippen LogP contribution in [0.2, 0.25) is 0 Å². The summed E-state index contributed by atoms with van der Waals surface area (Å²) in [4.78, 5) is 12.5. The van der Waals surface area contributed by atoms with Gasteiger partial charge in [0.05, 0.1) is 23.7 Å². The van der Waals surface area contributed by atoms with Gasteiger partial charge in [-0.25, -0.2) is 0 Å². The van der Waals surface area contributed by atoms with Crippen LogP contribution in [-0.4, -0.2) is 44.7 Å². The predicted octanol–water partition coefficient (Wildman–Crippen LogP) is 5.18. The van der Waals surface area contributed by atoms with E-state index in [4.69, 9.17) is 0 Å². The molecule has 198 valence electrons. The van der Waals surface area contributed by atoms with Crippen molar-refractivity contribution in [3.63, 3.8) is 0 Å². The molecule has 5 aliphatic rings. The maximum absolute atomic E-state index is 12.5. The normalized spacial score (nSPS) is 55.1. The quantitative estimate of drug-likeness (QED) is 0.400. The molecule has 0 saturated heterocycles. The zero-order chi connectivity index (χ0) is 25.8. The number of carbonyl (C=O) groups is 1. The van der Waals surface area contributed by atoms with Gasteiger partial charge in [0.2, 0.25) is 0 Å². The predicted molar refractivity (Wildman–Crippen MR) is 135 cm³/mol. The lowest BCUT2D eigenvalue weighted by atomic mass is 9.41. The third kappa shape index (κ3) is 2.95. The molecule has 12 atom stereocenters. The molecule has 5 nitrogen and oxygen atoms in total. The maximum Gasteiger partial charge on any atom is 0.312 e. The van der Waals surface area contributed by atoms with Crippen molar-refractivity contribution in [1.29, 1.82) is 0 Å². The molecule has 0 aromatic rings. The van der Waals surface area contributed by atoms with Crippen LogP contribution < -0.4 is 0 Å². The van der Waals surface area contributed by atoms with Crippen LogP contribution in [0.25, 0.3) is 0 Å². The van der Waals surface area contributed by atoms with E-state index in [9.17, 15) is 25.2 Å². The lowest BCUT2D eigenvalue weighted by molar-refractivity contribution is -0.210.